The Morgan fingerprint density at radius 1 is 0.947 bits per heavy atom. The summed E-state index contributed by atoms with van der Waals surface area (Å²) < 4.78 is 10.2. The lowest BCUT2D eigenvalue weighted by molar-refractivity contribution is 0.415. The molecule has 0 atom stereocenters. The molecule has 1 aliphatic heterocycles. The molecule has 0 saturated carbocycles. The van der Waals surface area contributed by atoms with E-state index in [0.29, 0.717) is 4.99 Å². The summed E-state index contributed by atoms with van der Waals surface area (Å²) in [5, 5.41) is 4.28. The van der Waals surface area contributed by atoms with Crippen molar-refractivity contribution in [2.45, 2.75) is 39.2 Å². The summed E-state index contributed by atoms with van der Waals surface area (Å²) in [6, 6.07) is 25.0. The largest absolute Gasteiger partial charge is 0.497 e. The van der Waals surface area contributed by atoms with Crippen LogP contribution in [-0.4, -0.2) is 21.1 Å². The van der Waals surface area contributed by atoms with Crippen LogP contribution < -0.4 is 10.1 Å². The number of imidazole rings is 1. The number of nitrogens with zero attached hydrogens (tertiary/aromatic N) is 2. The highest BCUT2D eigenvalue weighted by Crippen LogP contribution is 2.40. The van der Waals surface area contributed by atoms with Gasteiger partial charge in [0.05, 0.1) is 18.5 Å². The fraction of sp³-hybridized carbons (Fsp3) is 0.219. The van der Waals surface area contributed by atoms with Gasteiger partial charge in [0, 0.05) is 34.6 Å². The van der Waals surface area contributed by atoms with E-state index in [9.17, 15) is 0 Å². The van der Waals surface area contributed by atoms with E-state index in [4.69, 9.17) is 28.6 Å². The van der Waals surface area contributed by atoms with Crippen molar-refractivity contribution in [2.24, 2.45) is 0 Å². The maximum absolute atomic E-state index is 6.22. The molecule has 0 saturated heterocycles. The number of ether oxygens (including phenoxy) is 1. The van der Waals surface area contributed by atoms with E-state index in [0.717, 1.165) is 65.5 Å². The Kier molecular flexibility index (Phi) is 6.73. The van der Waals surface area contributed by atoms with Crippen molar-refractivity contribution in [1.29, 1.82) is 0 Å². The van der Waals surface area contributed by atoms with E-state index in [1.54, 1.807) is 7.11 Å². The van der Waals surface area contributed by atoms with E-state index < -0.39 is 0 Å². The number of nitrogens with one attached hydrogen (secondary N) is 1. The Morgan fingerprint density at radius 3 is 2.34 bits per heavy atom. The van der Waals surface area contributed by atoms with Crippen LogP contribution in [0.5, 0.6) is 5.75 Å². The van der Waals surface area contributed by atoms with Gasteiger partial charge >= 0.3 is 0 Å². The van der Waals surface area contributed by atoms with Crippen molar-refractivity contribution in [3.8, 4) is 28.1 Å². The first-order valence-corrected chi connectivity index (χ1v) is 13.9. The van der Waals surface area contributed by atoms with Crippen LogP contribution in [0.25, 0.3) is 28.0 Å². The van der Waals surface area contributed by atoms with Crippen molar-refractivity contribution < 1.29 is 4.74 Å². The number of aryl methyl sites for hydroxylation is 3. The molecule has 3 aromatic carbocycles. The third-order valence-corrected chi connectivity index (χ3v) is 8.04. The molecule has 6 rings (SSSR count). The van der Waals surface area contributed by atoms with Gasteiger partial charge in [-0.25, -0.2) is 0 Å². The lowest BCUT2D eigenvalue weighted by atomic mass is 9.97. The van der Waals surface area contributed by atoms with Gasteiger partial charge in [0.15, 0.2) is 0 Å². The number of halogens is 1. The second-order valence-electron chi connectivity index (χ2n) is 9.76. The molecular weight excluding hydrogens is 510 g/mol. The first-order valence-electron chi connectivity index (χ1n) is 13.1. The lowest BCUT2D eigenvalue weighted by Crippen LogP contribution is -2.14. The average molecular weight is 540 g/mol. The molecule has 0 unspecified atom stereocenters. The van der Waals surface area contributed by atoms with Crippen LogP contribution in [0.3, 0.4) is 0 Å². The number of aromatic nitrogens is 2. The molecule has 6 heteroatoms. The molecule has 0 fully saturated rings. The van der Waals surface area contributed by atoms with Gasteiger partial charge in [0.2, 0.25) is 0 Å². The van der Waals surface area contributed by atoms with Gasteiger partial charge in [-0.2, -0.15) is 0 Å². The number of rotatable bonds is 6. The van der Waals surface area contributed by atoms with Gasteiger partial charge in [-0.15, -0.1) is 0 Å². The molecule has 3 heterocycles. The molecule has 4 nitrogen and oxygen atoms in total. The molecule has 1 aliphatic rings. The van der Waals surface area contributed by atoms with Gasteiger partial charge in [-0.1, -0.05) is 67.1 Å². The maximum Gasteiger partial charge on any atom is 0.128 e. The minimum absolute atomic E-state index is 0.710. The Balaban J connectivity index is 1.56. The van der Waals surface area contributed by atoms with Gasteiger partial charge < -0.3 is 14.6 Å². The third-order valence-electron chi connectivity index (χ3n) is 7.49. The Bertz CT molecular complexity index is 1610. The molecule has 5 aromatic rings. The molecule has 0 aliphatic carbocycles. The van der Waals surface area contributed by atoms with Gasteiger partial charge in [-0.05, 0) is 78.8 Å². The highest BCUT2D eigenvalue weighted by molar-refractivity contribution is 7.81. The van der Waals surface area contributed by atoms with Gasteiger partial charge in [0.25, 0.3) is 0 Å². The van der Waals surface area contributed by atoms with E-state index in [2.05, 4.69) is 75.9 Å². The highest BCUT2D eigenvalue weighted by Gasteiger charge is 2.28. The Morgan fingerprint density at radius 2 is 1.66 bits per heavy atom. The molecule has 0 amide bonds. The van der Waals surface area contributed by atoms with Crippen LogP contribution in [0.4, 0.5) is 5.69 Å². The van der Waals surface area contributed by atoms with E-state index >= 15 is 0 Å². The standard InChI is InChI=1S/C32H30ClN3OS/c1-3-21-7-15-25(16-8-21)34-31(38)30-29(23-11-17-26(37-2)18-12-23)27-6-4-5-19-35-28(20-36(30)32(27)35)22-9-13-24(33)14-10-22/h7-18,20H,3-6,19H2,1-2H3,(H,34,38). The molecule has 192 valence electrons. The van der Waals surface area contributed by atoms with Crippen LogP contribution in [-0.2, 0) is 19.4 Å². The van der Waals surface area contributed by atoms with Crippen LogP contribution in [0.15, 0.2) is 79.0 Å². The van der Waals surface area contributed by atoms with E-state index in [1.807, 2.05) is 24.3 Å². The smallest absolute Gasteiger partial charge is 0.128 e. The summed E-state index contributed by atoms with van der Waals surface area (Å²) in [5.41, 5.74) is 10.6. The van der Waals surface area contributed by atoms with Crippen molar-refractivity contribution in [3.05, 3.63) is 101 Å². The third kappa shape index (κ3) is 4.40. The Hall–Kier alpha value is -3.54. The molecule has 1 N–H and O–H groups in total. The summed E-state index contributed by atoms with van der Waals surface area (Å²) >= 11 is 12.4. The van der Waals surface area contributed by atoms with Gasteiger partial charge in [-0.3, -0.25) is 4.40 Å². The second kappa shape index (κ2) is 10.3. The van der Waals surface area contributed by atoms with Crippen LogP contribution in [0.1, 0.15) is 36.6 Å². The number of thiocarbonyl (C=S) groups is 1. The van der Waals surface area contributed by atoms with Crippen molar-refractivity contribution in [1.82, 2.24) is 8.97 Å². The Labute approximate surface area is 233 Å². The topological polar surface area (TPSA) is 30.6 Å². The van der Waals surface area contributed by atoms with Crippen LogP contribution in [0, 0.1) is 0 Å². The normalized spacial score (nSPS) is 12.9. The number of anilines is 1. The summed E-state index contributed by atoms with van der Waals surface area (Å²) in [5.74, 6) is 0.844. The maximum atomic E-state index is 6.22. The number of methoxy groups -OCH3 is 1. The first-order chi connectivity index (χ1) is 18.6. The summed E-state index contributed by atoms with van der Waals surface area (Å²) in [6.07, 6.45) is 6.51. The first kappa shape index (κ1) is 24.8. The van der Waals surface area contributed by atoms with Gasteiger partial charge in [0.1, 0.15) is 16.4 Å². The predicted molar refractivity (Wildman–Crippen MR) is 162 cm³/mol. The van der Waals surface area contributed by atoms with Crippen molar-refractivity contribution in [2.75, 3.05) is 12.4 Å². The fourth-order valence-corrected chi connectivity index (χ4v) is 5.99. The SMILES string of the molecule is CCc1ccc(NC(=S)c2c(-c3ccc(OC)cc3)c3c4n(c(-c5ccc(Cl)cc5)cn24)CCCC3)cc1. The fourth-order valence-electron chi connectivity index (χ4n) is 5.54. The van der Waals surface area contributed by atoms with Crippen LogP contribution in [0.2, 0.25) is 5.02 Å². The second-order valence-corrected chi connectivity index (χ2v) is 10.6. The monoisotopic (exact) mass is 539 g/mol. The zero-order valence-corrected chi connectivity index (χ0v) is 23.2. The molecular formula is C32H30ClN3OS. The van der Waals surface area contributed by atoms with E-state index in [-0.39, 0.29) is 0 Å². The molecule has 2 aromatic heterocycles. The summed E-state index contributed by atoms with van der Waals surface area (Å²) in [7, 11) is 1.70. The molecule has 38 heavy (non-hydrogen) atoms. The lowest BCUT2D eigenvalue weighted by Gasteiger charge is -2.13. The minimum atomic E-state index is 0.710. The predicted octanol–water partition coefficient (Wildman–Crippen LogP) is 8.42. The average Bonchev–Trinajstić information content (AvgIpc) is 3.37. The molecule has 0 bridgehead atoms. The molecule has 0 radical (unpaired) electrons. The highest BCUT2D eigenvalue weighted by atomic mass is 35.5. The quantitative estimate of drug-likeness (QED) is 0.220. The van der Waals surface area contributed by atoms with Crippen LogP contribution >= 0.6 is 23.8 Å². The number of hydrogen-bond acceptors (Lipinski definition) is 2. The van der Waals surface area contributed by atoms with Crippen molar-refractivity contribution in [3.63, 3.8) is 0 Å². The van der Waals surface area contributed by atoms with Crippen molar-refractivity contribution >= 4 is 40.1 Å². The zero-order chi connectivity index (χ0) is 26.2. The summed E-state index contributed by atoms with van der Waals surface area (Å²) in [6.45, 7) is 3.13. The molecule has 0 spiro atoms. The van der Waals surface area contributed by atoms with E-state index in [1.165, 1.54) is 28.0 Å². The number of benzene rings is 3. The zero-order valence-electron chi connectivity index (χ0n) is 21.6. The summed E-state index contributed by atoms with van der Waals surface area (Å²) in [4.78, 5) is 0.710. The minimum Gasteiger partial charge on any atom is -0.497 e. The number of hydrogen-bond donors (Lipinski definition) is 1.